The smallest absolute Gasteiger partial charge is 0.322 e. The number of non-ortho nitro benzene ring substituents is 1. The van der Waals surface area contributed by atoms with Crippen molar-refractivity contribution in [1.29, 1.82) is 0 Å². The first kappa shape index (κ1) is 17.2. The summed E-state index contributed by atoms with van der Waals surface area (Å²) in [6.07, 6.45) is 1.47. The van der Waals surface area contributed by atoms with Crippen LogP contribution < -0.4 is 5.32 Å². The molecule has 0 saturated carbocycles. The fourth-order valence-corrected chi connectivity index (χ4v) is 2.58. The fraction of sp³-hybridized carbons (Fsp3) is 0. The van der Waals surface area contributed by atoms with Crippen LogP contribution in [0.5, 0.6) is 0 Å². The number of anilines is 1. The van der Waals surface area contributed by atoms with Crippen LogP contribution in [0.4, 0.5) is 11.7 Å². The second-order valence-electron chi connectivity index (χ2n) is 5.73. The Morgan fingerprint density at radius 2 is 1.79 bits per heavy atom. The van der Waals surface area contributed by atoms with E-state index in [0.717, 1.165) is 0 Å². The molecule has 0 saturated heterocycles. The molecule has 138 valence electrons. The van der Waals surface area contributed by atoms with Gasteiger partial charge in [-0.15, -0.1) is 5.10 Å². The molecule has 4 rings (SSSR count). The Labute approximate surface area is 157 Å². The molecular formula is C19H12N4O5. The highest BCUT2D eigenvalue weighted by molar-refractivity contribution is 6.03. The number of benzene rings is 2. The third kappa shape index (κ3) is 3.49. The first-order valence-electron chi connectivity index (χ1n) is 8.14. The Bertz CT molecular complexity index is 1150. The van der Waals surface area contributed by atoms with E-state index >= 15 is 0 Å². The SMILES string of the molecule is O=C(Nc1nnc(-c2ccco2)o1)c1cccc(-c2cccc([N+](=O)[O-])c2)c1. The maximum absolute atomic E-state index is 12.5. The quantitative estimate of drug-likeness (QED) is 0.409. The molecule has 0 radical (unpaired) electrons. The van der Waals surface area contributed by atoms with Gasteiger partial charge in [-0.25, -0.2) is 0 Å². The zero-order valence-corrected chi connectivity index (χ0v) is 14.2. The predicted molar refractivity (Wildman–Crippen MR) is 98.5 cm³/mol. The molecule has 2 heterocycles. The summed E-state index contributed by atoms with van der Waals surface area (Å²) in [7, 11) is 0. The van der Waals surface area contributed by atoms with Crippen molar-refractivity contribution in [3.8, 4) is 22.8 Å². The lowest BCUT2D eigenvalue weighted by molar-refractivity contribution is -0.384. The molecule has 0 atom stereocenters. The van der Waals surface area contributed by atoms with Crippen LogP contribution in [0.2, 0.25) is 0 Å². The van der Waals surface area contributed by atoms with Crippen molar-refractivity contribution in [3.05, 3.63) is 82.6 Å². The third-order valence-electron chi connectivity index (χ3n) is 3.89. The zero-order chi connectivity index (χ0) is 19.5. The van der Waals surface area contributed by atoms with Crippen molar-refractivity contribution < 1.29 is 18.6 Å². The number of furan rings is 1. The second kappa shape index (κ2) is 7.16. The number of rotatable bonds is 5. The van der Waals surface area contributed by atoms with Crippen molar-refractivity contribution in [2.24, 2.45) is 0 Å². The Morgan fingerprint density at radius 3 is 2.54 bits per heavy atom. The minimum atomic E-state index is -0.466. The van der Waals surface area contributed by atoms with Crippen molar-refractivity contribution >= 4 is 17.6 Å². The van der Waals surface area contributed by atoms with E-state index in [1.807, 2.05) is 0 Å². The van der Waals surface area contributed by atoms with Gasteiger partial charge in [-0.2, -0.15) is 0 Å². The molecular weight excluding hydrogens is 364 g/mol. The van der Waals surface area contributed by atoms with Crippen molar-refractivity contribution in [2.75, 3.05) is 5.32 Å². The summed E-state index contributed by atoms with van der Waals surface area (Å²) in [6, 6.07) is 16.1. The van der Waals surface area contributed by atoms with Crippen LogP contribution in [0, 0.1) is 10.1 Å². The molecule has 2 aromatic carbocycles. The molecule has 4 aromatic rings. The van der Waals surface area contributed by atoms with Crippen LogP contribution in [0.1, 0.15) is 10.4 Å². The molecule has 28 heavy (non-hydrogen) atoms. The summed E-state index contributed by atoms with van der Waals surface area (Å²) in [6.45, 7) is 0. The van der Waals surface area contributed by atoms with Crippen LogP contribution in [-0.2, 0) is 0 Å². The van der Waals surface area contributed by atoms with Gasteiger partial charge >= 0.3 is 6.01 Å². The Hall–Kier alpha value is -4.27. The molecule has 0 bridgehead atoms. The van der Waals surface area contributed by atoms with Crippen LogP contribution in [0.15, 0.2) is 75.8 Å². The molecule has 9 heteroatoms. The van der Waals surface area contributed by atoms with Crippen LogP contribution in [0.3, 0.4) is 0 Å². The highest BCUT2D eigenvalue weighted by atomic mass is 16.6. The first-order chi connectivity index (χ1) is 13.6. The second-order valence-corrected chi connectivity index (χ2v) is 5.73. The number of nitrogens with one attached hydrogen (secondary N) is 1. The molecule has 0 aliphatic rings. The highest BCUT2D eigenvalue weighted by Gasteiger charge is 2.15. The van der Waals surface area contributed by atoms with E-state index in [9.17, 15) is 14.9 Å². The van der Waals surface area contributed by atoms with E-state index in [-0.39, 0.29) is 17.6 Å². The van der Waals surface area contributed by atoms with Crippen LogP contribution >= 0.6 is 0 Å². The molecule has 0 spiro atoms. The van der Waals surface area contributed by atoms with Gasteiger partial charge in [0, 0.05) is 17.7 Å². The van der Waals surface area contributed by atoms with E-state index in [0.29, 0.717) is 22.5 Å². The third-order valence-corrected chi connectivity index (χ3v) is 3.89. The topological polar surface area (TPSA) is 124 Å². The lowest BCUT2D eigenvalue weighted by Gasteiger charge is -2.05. The number of carbonyl (C=O) groups excluding carboxylic acids is 1. The van der Waals surface area contributed by atoms with Gasteiger partial charge in [0.15, 0.2) is 5.76 Å². The standard InChI is InChI=1S/C19H12N4O5/c24-17(20-19-22-21-18(28-19)16-8-3-9-27-16)14-6-1-4-12(10-14)13-5-2-7-15(11-13)23(25)26/h1-11H,(H,20,22,24). The van der Waals surface area contributed by atoms with Gasteiger partial charge in [-0.05, 0) is 35.4 Å². The summed E-state index contributed by atoms with van der Waals surface area (Å²) in [4.78, 5) is 23.0. The molecule has 2 aromatic heterocycles. The number of nitro benzene ring substituents is 1. The summed E-state index contributed by atoms with van der Waals surface area (Å²) in [5.41, 5.74) is 1.60. The number of nitrogens with zero attached hydrogens (tertiary/aromatic N) is 3. The number of hydrogen-bond donors (Lipinski definition) is 1. The van der Waals surface area contributed by atoms with Gasteiger partial charge in [0.05, 0.1) is 11.2 Å². The average Bonchev–Trinajstić information content (AvgIpc) is 3.40. The summed E-state index contributed by atoms with van der Waals surface area (Å²) in [5, 5.41) is 21.1. The Kier molecular flexibility index (Phi) is 4.38. The summed E-state index contributed by atoms with van der Waals surface area (Å²) < 4.78 is 10.5. The number of hydrogen-bond acceptors (Lipinski definition) is 7. The predicted octanol–water partition coefficient (Wildman–Crippen LogP) is 4.16. The van der Waals surface area contributed by atoms with E-state index in [1.54, 1.807) is 48.5 Å². The van der Waals surface area contributed by atoms with Gasteiger partial charge < -0.3 is 8.83 Å². The molecule has 9 nitrogen and oxygen atoms in total. The number of amides is 1. The molecule has 0 aliphatic carbocycles. The van der Waals surface area contributed by atoms with Crippen molar-refractivity contribution in [1.82, 2.24) is 10.2 Å². The van der Waals surface area contributed by atoms with Gasteiger partial charge in [0.25, 0.3) is 17.5 Å². The summed E-state index contributed by atoms with van der Waals surface area (Å²) in [5.74, 6) is 0.0771. The Morgan fingerprint density at radius 1 is 1.00 bits per heavy atom. The lowest BCUT2D eigenvalue weighted by atomic mass is 10.0. The van der Waals surface area contributed by atoms with Gasteiger partial charge in [0.1, 0.15) is 0 Å². The van der Waals surface area contributed by atoms with Crippen molar-refractivity contribution in [3.63, 3.8) is 0 Å². The molecule has 0 fully saturated rings. The molecule has 0 unspecified atom stereocenters. The first-order valence-corrected chi connectivity index (χ1v) is 8.14. The lowest BCUT2D eigenvalue weighted by Crippen LogP contribution is -2.12. The van der Waals surface area contributed by atoms with Crippen molar-refractivity contribution in [2.45, 2.75) is 0 Å². The van der Waals surface area contributed by atoms with E-state index in [2.05, 4.69) is 15.5 Å². The molecule has 0 aliphatic heterocycles. The van der Waals surface area contributed by atoms with Gasteiger partial charge in [0.2, 0.25) is 0 Å². The maximum atomic E-state index is 12.5. The van der Waals surface area contributed by atoms with E-state index in [4.69, 9.17) is 8.83 Å². The van der Waals surface area contributed by atoms with Crippen LogP contribution in [0.25, 0.3) is 22.8 Å². The fourth-order valence-electron chi connectivity index (χ4n) is 2.58. The number of nitro groups is 1. The normalized spacial score (nSPS) is 10.6. The monoisotopic (exact) mass is 376 g/mol. The van der Waals surface area contributed by atoms with E-state index < -0.39 is 10.8 Å². The number of carbonyl (C=O) groups is 1. The highest BCUT2D eigenvalue weighted by Crippen LogP contribution is 2.25. The van der Waals surface area contributed by atoms with Gasteiger partial charge in [-0.3, -0.25) is 20.2 Å². The Balaban J connectivity index is 1.55. The minimum absolute atomic E-state index is 0.0244. The zero-order valence-electron chi connectivity index (χ0n) is 14.2. The summed E-state index contributed by atoms with van der Waals surface area (Å²) >= 11 is 0. The molecule has 1 amide bonds. The largest absolute Gasteiger partial charge is 0.459 e. The van der Waals surface area contributed by atoms with E-state index in [1.165, 1.54) is 18.4 Å². The maximum Gasteiger partial charge on any atom is 0.322 e. The molecule has 1 N–H and O–H groups in total. The number of aromatic nitrogens is 2. The average molecular weight is 376 g/mol. The van der Waals surface area contributed by atoms with Gasteiger partial charge in [-0.1, -0.05) is 29.4 Å². The van der Waals surface area contributed by atoms with Crippen LogP contribution in [-0.4, -0.2) is 21.0 Å². The minimum Gasteiger partial charge on any atom is -0.459 e.